The van der Waals surface area contributed by atoms with Gasteiger partial charge in [-0.15, -0.1) is 0 Å². The number of nitrogens with one attached hydrogen (secondary N) is 2. The number of urea groups is 1. The second kappa shape index (κ2) is 9.76. The van der Waals surface area contributed by atoms with Crippen molar-refractivity contribution in [1.82, 2.24) is 20.0 Å². The van der Waals surface area contributed by atoms with E-state index >= 15 is 0 Å². The van der Waals surface area contributed by atoms with Crippen molar-refractivity contribution in [2.75, 3.05) is 0 Å². The number of amides is 3. The summed E-state index contributed by atoms with van der Waals surface area (Å²) in [7, 11) is 0. The van der Waals surface area contributed by atoms with Crippen molar-refractivity contribution in [3.05, 3.63) is 115 Å². The fraction of sp³-hybridized carbons (Fsp3) is 0.107. The average Bonchev–Trinajstić information content (AvgIpc) is 3.30. The van der Waals surface area contributed by atoms with E-state index in [2.05, 4.69) is 10.4 Å². The molecule has 0 spiro atoms. The molecule has 186 valence electrons. The monoisotopic (exact) mass is 532 g/mol. The summed E-state index contributed by atoms with van der Waals surface area (Å²) in [5.74, 6) is -0.525. The number of aromatic amines is 1. The van der Waals surface area contributed by atoms with Gasteiger partial charge in [-0.25, -0.2) is 9.48 Å². The Morgan fingerprint density at radius 3 is 2.43 bits per heavy atom. The van der Waals surface area contributed by atoms with Crippen molar-refractivity contribution >= 4 is 41.2 Å². The fourth-order valence-electron chi connectivity index (χ4n) is 4.32. The fourth-order valence-corrected chi connectivity index (χ4v) is 4.82. The van der Waals surface area contributed by atoms with Crippen LogP contribution in [0.1, 0.15) is 22.3 Å². The first-order valence-corrected chi connectivity index (χ1v) is 12.2. The summed E-state index contributed by atoms with van der Waals surface area (Å²) in [4.78, 5) is 40.7. The van der Waals surface area contributed by atoms with Crippen molar-refractivity contribution in [1.29, 1.82) is 0 Å². The van der Waals surface area contributed by atoms with Gasteiger partial charge in [-0.05, 0) is 55.3 Å². The summed E-state index contributed by atoms with van der Waals surface area (Å²) in [5.41, 5.74) is 4.04. The zero-order valence-corrected chi connectivity index (χ0v) is 21.5. The molecular weight excluding hydrogens is 511 g/mol. The van der Waals surface area contributed by atoms with Gasteiger partial charge < -0.3 is 5.32 Å². The van der Waals surface area contributed by atoms with Gasteiger partial charge in [-0.3, -0.25) is 19.6 Å². The molecule has 9 heteroatoms. The highest BCUT2D eigenvalue weighted by molar-refractivity contribution is 6.36. The van der Waals surface area contributed by atoms with Gasteiger partial charge in [0.05, 0.1) is 28.5 Å². The van der Waals surface area contributed by atoms with Crippen molar-refractivity contribution < 1.29 is 9.59 Å². The predicted molar refractivity (Wildman–Crippen MR) is 145 cm³/mol. The summed E-state index contributed by atoms with van der Waals surface area (Å²) in [5, 5.41) is 6.52. The Morgan fingerprint density at radius 1 is 0.919 bits per heavy atom. The van der Waals surface area contributed by atoms with Crippen LogP contribution >= 0.6 is 23.2 Å². The van der Waals surface area contributed by atoms with Crippen molar-refractivity contribution in [3.8, 4) is 16.9 Å². The minimum Gasteiger partial charge on any atom is -0.303 e. The normalized spacial score (nSPS) is 14.5. The maximum Gasteiger partial charge on any atom is 0.329 e. The number of hydrogen-bond donors (Lipinski definition) is 2. The highest BCUT2D eigenvalue weighted by atomic mass is 35.5. The van der Waals surface area contributed by atoms with E-state index in [-0.39, 0.29) is 17.8 Å². The molecule has 1 saturated heterocycles. The summed E-state index contributed by atoms with van der Waals surface area (Å²) in [6.07, 6.45) is 1.39. The van der Waals surface area contributed by atoms with Crippen LogP contribution in [-0.4, -0.2) is 26.6 Å². The zero-order valence-electron chi connectivity index (χ0n) is 20.0. The molecule has 7 nitrogen and oxygen atoms in total. The third kappa shape index (κ3) is 4.71. The number of hydrogen-bond acceptors (Lipinski definition) is 3. The lowest BCUT2D eigenvalue weighted by molar-refractivity contribution is -0.123. The molecule has 0 bridgehead atoms. The Balaban J connectivity index is 1.62. The quantitative estimate of drug-likeness (QED) is 0.249. The number of aromatic nitrogens is 2. The SMILES string of the molecule is Cc1cccc(CN2C(=O)NC(=Cc3c(-c4ccc(Cl)cc4Cl)[nH]n(-c4ccccc4C)c3=O)C2=O)c1. The van der Waals surface area contributed by atoms with Gasteiger partial charge in [0.25, 0.3) is 11.5 Å². The standard InChI is InChI=1S/C28H22Cl2N4O3/c1-16-6-5-8-18(12-16)15-33-27(36)23(31-28(33)37)14-21-25(20-11-10-19(29)13-22(20)30)32-34(26(21)35)24-9-4-3-7-17(24)2/h3-14,32H,15H2,1-2H3,(H,31,37). The molecule has 1 aromatic heterocycles. The van der Waals surface area contributed by atoms with Crippen LogP contribution in [-0.2, 0) is 11.3 Å². The Labute approximate surface area is 222 Å². The molecule has 3 amide bonds. The van der Waals surface area contributed by atoms with Crippen LogP contribution in [0.2, 0.25) is 10.0 Å². The third-order valence-electron chi connectivity index (χ3n) is 6.16. The number of H-pyrrole nitrogens is 1. The highest BCUT2D eigenvalue weighted by Crippen LogP contribution is 2.32. The molecule has 0 radical (unpaired) electrons. The number of benzene rings is 3. The maximum absolute atomic E-state index is 13.7. The van der Waals surface area contributed by atoms with Crippen LogP contribution in [0.15, 0.2) is 77.2 Å². The first-order chi connectivity index (χ1) is 17.7. The van der Waals surface area contributed by atoms with Gasteiger partial charge in [0.15, 0.2) is 0 Å². The number of carbonyl (C=O) groups excluding carboxylic acids is 2. The maximum atomic E-state index is 13.7. The molecule has 1 aliphatic heterocycles. The van der Waals surface area contributed by atoms with Crippen LogP contribution in [0.5, 0.6) is 0 Å². The van der Waals surface area contributed by atoms with E-state index in [1.54, 1.807) is 18.2 Å². The van der Waals surface area contributed by atoms with E-state index in [0.29, 0.717) is 27.0 Å². The molecule has 0 unspecified atom stereocenters. The minimum atomic E-state index is -0.557. The molecule has 0 aliphatic carbocycles. The molecular formula is C28H22Cl2N4O3. The topological polar surface area (TPSA) is 87.2 Å². The van der Waals surface area contributed by atoms with E-state index in [0.717, 1.165) is 21.6 Å². The van der Waals surface area contributed by atoms with Crippen molar-refractivity contribution in [2.24, 2.45) is 0 Å². The lowest BCUT2D eigenvalue weighted by Crippen LogP contribution is -2.30. The Bertz CT molecular complexity index is 1650. The molecule has 4 aromatic rings. The number of para-hydroxylation sites is 1. The number of nitrogens with zero attached hydrogens (tertiary/aromatic N) is 2. The summed E-state index contributed by atoms with van der Waals surface area (Å²) in [6, 6.07) is 19.3. The van der Waals surface area contributed by atoms with Crippen LogP contribution in [0, 0.1) is 13.8 Å². The second-order valence-electron chi connectivity index (χ2n) is 8.82. The molecule has 2 heterocycles. The molecule has 0 atom stereocenters. The smallest absolute Gasteiger partial charge is 0.303 e. The number of imide groups is 1. The zero-order chi connectivity index (χ0) is 26.3. The molecule has 1 aliphatic rings. The lowest BCUT2D eigenvalue weighted by Gasteiger charge is -2.12. The lowest BCUT2D eigenvalue weighted by atomic mass is 10.1. The van der Waals surface area contributed by atoms with Gasteiger partial charge >= 0.3 is 6.03 Å². The van der Waals surface area contributed by atoms with Gasteiger partial charge in [0.1, 0.15) is 5.70 Å². The molecule has 1 fully saturated rings. The van der Waals surface area contributed by atoms with E-state index in [9.17, 15) is 14.4 Å². The molecule has 37 heavy (non-hydrogen) atoms. The summed E-state index contributed by atoms with van der Waals surface area (Å²) >= 11 is 12.6. The second-order valence-corrected chi connectivity index (χ2v) is 9.66. The van der Waals surface area contributed by atoms with Crippen LogP contribution in [0.3, 0.4) is 0 Å². The predicted octanol–water partition coefficient (Wildman–Crippen LogP) is 5.85. The first-order valence-electron chi connectivity index (χ1n) is 11.5. The Kier molecular flexibility index (Phi) is 6.50. The Hall–Kier alpha value is -4.07. The first kappa shape index (κ1) is 24.6. The number of rotatable bonds is 5. The molecule has 0 saturated carbocycles. The number of halogens is 2. The van der Waals surface area contributed by atoms with E-state index in [4.69, 9.17) is 23.2 Å². The summed E-state index contributed by atoms with van der Waals surface area (Å²) in [6.45, 7) is 3.94. The van der Waals surface area contributed by atoms with Crippen molar-refractivity contribution in [3.63, 3.8) is 0 Å². The average molecular weight is 533 g/mol. The number of aryl methyl sites for hydroxylation is 2. The van der Waals surface area contributed by atoms with Gasteiger partial charge in [0, 0.05) is 10.6 Å². The number of carbonyl (C=O) groups is 2. The van der Waals surface area contributed by atoms with Crippen molar-refractivity contribution in [2.45, 2.75) is 20.4 Å². The van der Waals surface area contributed by atoms with E-state index < -0.39 is 17.5 Å². The van der Waals surface area contributed by atoms with Gasteiger partial charge in [-0.1, -0.05) is 71.2 Å². The molecule has 2 N–H and O–H groups in total. The van der Waals surface area contributed by atoms with E-state index in [1.165, 1.54) is 10.8 Å². The molecule has 5 rings (SSSR count). The highest BCUT2D eigenvalue weighted by Gasteiger charge is 2.34. The van der Waals surface area contributed by atoms with Crippen LogP contribution in [0.4, 0.5) is 4.79 Å². The van der Waals surface area contributed by atoms with Gasteiger partial charge in [0.2, 0.25) is 0 Å². The van der Waals surface area contributed by atoms with E-state index in [1.807, 2.05) is 62.4 Å². The minimum absolute atomic E-state index is 0.00276. The Morgan fingerprint density at radius 2 is 1.70 bits per heavy atom. The summed E-state index contributed by atoms with van der Waals surface area (Å²) < 4.78 is 1.40. The third-order valence-corrected chi connectivity index (χ3v) is 6.71. The van der Waals surface area contributed by atoms with Crippen LogP contribution in [0.25, 0.3) is 23.0 Å². The van der Waals surface area contributed by atoms with Crippen LogP contribution < -0.4 is 10.9 Å². The largest absolute Gasteiger partial charge is 0.329 e. The van der Waals surface area contributed by atoms with Gasteiger partial charge in [-0.2, -0.15) is 0 Å². The molecule has 3 aromatic carbocycles.